The Hall–Kier alpha value is -2.97. The van der Waals surface area contributed by atoms with Crippen LogP contribution < -0.4 is 10.2 Å². The number of piperidine rings is 1. The van der Waals surface area contributed by atoms with Crippen molar-refractivity contribution < 1.29 is 13.2 Å². The van der Waals surface area contributed by atoms with Crippen molar-refractivity contribution in [2.45, 2.75) is 50.4 Å². The van der Waals surface area contributed by atoms with E-state index in [4.69, 9.17) is 4.98 Å². The number of hydrogen-bond donors (Lipinski definition) is 1. The van der Waals surface area contributed by atoms with Crippen LogP contribution >= 0.6 is 0 Å². The molecule has 0 bridgehead atoms. The molecule has 0 atom stereocenters. The van der Waals surface area contributed by atoms with Crippen LogP contribution in [0.3, 0.4) is 0 Å². The Morgan fingerprint density at radius 2 is 1.80 bits per heavy atom. The average Bonchev–Trinajstić information content (AvgIpc) is 3.51. The van der Waals surface area contributed by atoms with Gasteiger partial charge in [0.15, 0.2) is 5.65 Å². The third kappa shape index (κ3) is 3.42. The molecule has 1 saturated heterocycles. The molecule has 1 aliphatic heterocycles. The minimum absolute atomic E-state index is 0.0473. The summed E-state index contributed by atoms with van der Waals surface area (Å²) in [7, 11) is 0. The van der Waals surface area contributed by atoms with E-state index in [-0.39, 0.29) is 17.6 Å². The highest BCUT2D eigenvalue weighted by atomic mass is 19.4. The Balaban J connectivity index is 1.50. The molecular formula is C21H21F3N6. The van der Waals surface area contributed by atoms with E-state index in [0.717, 1.165) is 38.4 Å². The van der Waals surface area contributed by atoms with Crippen molar-refractivity contribution in [3.63, 3.8) is 0 Å². The number of halogens is 3. The summed E-state index contributed by atoms with van der Waals surface area (Å²) in [5.41, 5.74) is -0.139. The van der Waals surface area contributed by atoms with Gasteiger partial charge in [-0.05, 0) is 50.3 Å². The molecule has 1 aliphatic carbocycles. The fraction of sp³-hybridized carbons (Fsp3) is 0.429. The molecule has 0 amide bonds. The normalized spacial score (nSPS) is 18.0. The highest BCUT2D eigenvalue weighted by Gasteiger charge is 2.50. The van der Waals surface area contributed by atoms with E-state index in [1.54, 1.807) is 12.3 Å². The standard InChI is InChI=1S/C21H21F3N6/c22-21(23,24)16-14(5-3-10-25-16)13-27-18-15-6-4-11-26-17(15)28-19(29-18)30-12-2-1-7-20(30)8-9-20/h3-6,10-11H,1-2,7-9,12-13H2,(H,26,27,28,29). The average molecular weight is 414 g/mol. The van der Waals surface area contributed by atoms with Gasteiger partial charge in [0.2, 0.25) is 5.95 Å². The van der Waals surface area contributed by atoms with Crippen molar-refractivity contribution in [2.75, 3.05) is 16.8 Å². The van der Waals surface area contributed by atoms with Crippen LogP contribution in [0.25, 0.3) is 11.0 Å². The van der Waals surface area contributed by atoms with E-state index in [1.807, 2.05) is 6.07 Å². The minimum Gasteiger partial charge on any atom is -0.365 e. The highest BCUT2D eigenvalue weighted by molar-refractivity contribution is 5.87. The second-order valence-electron chi connectivity index (χ2n) is 7.94. The van der Waals surface area contributed by atoms with Crippen molar-refractivity contribution in [1.29, 1.82) is 0 Å². The molecule has 2 fully saturated rings. The van der Waals surface area contributed by atoms with Crippen molar-refractivity contribution in [1.82, 2.24) is 19.9 Å². The van der Waals surface area contributed by atoms with Gasteiger partial charge in [0, 0.05) is 36.6 Å². The predicted octanol–water partition coefficient (Wildman–Crippen LogP) is 4.57. The van der Waals surface area contributed by atoms with E-state index < -0.39 is 11.9 Å². The molecule has 6 nitrogen and oxygen atoms in total. The molecule has 4 heterocycles. The smallest absolute Gasteiger partial charge is 0.365 e. The molecule has 0 radical (unpaired) electrons. The Morgan fingerprint density at radius 3 is 2.60 bits per heavy atom. The van der Waals surface area contributed by atoms with Gasteiger partial charge in [-0.15, -0.1) is 0 Å². The molecule has 0 unspecified atom stereocenters. The van der Waals surface area contributed by atoms with Gasteiger partial charge in [0.05, 0.1) is 5.39 Å². The molecule has 3 aromatic rings. The summed E-state index contributed by atoms with van der Waals surface area (Å²) in [5, 5.41) is 3.77. The lowest BCUT2D eigenvalue weighted by Gasteiger charge is -2.36. The van der Waals surface area contributed by atoms with Gasteiger partial charge in [-0.1, -0.05) is 6.07 Å². The second kappa shape index (κ2) is 7.07. The van der Waals surface area contributed by atoms with Gasteiger partial charge in [0.1, 0.15) is 11.5 Å². The first-order valence-electron chi connectivity index (χ1n) is 10.1. The largest absolute Gasteiger partial charge is 0.433 e. The third-order valence-corrected chi connectivity index (χ3v) is 5.98. The Morgan fingerprint density at radius 1 is 1.00 bits per heavy atom. The first-order chi connectivity index (χ1) is 14.5. The molecule has 9 heteroatoms. The molecule has 1 saturated carbocycles. The number of pyridine rings is 2. The third-order valence-electron chi connectivity index (χ3n) is 5.98. The summed E-state index contributed by atoms with van der Waals surface area (Å²) < 4.78 is 39.9. The summed E-state index contributed by atoms with van der Waals surface area (Å²) in [6.07, 6.45) is 3.98. The first-order valence-corrected chi connectivity index (χ1v) is 10.1. The van der Waals surface area contributed by atoms with E-state index in [2.05, 4.69) is 25.2 Å². The van der Waals surface area contributed by atoms with E-state index in [0.29, 0.717) is 22.8 Å². The van der Waals surface area contributed by atoms with Crippen LogP contribution in [-0.2, 0) is 12.7 Å². The summed E-state index contributed by atoms with van der Waals surface area (Å²) in [6.45, 7) is 0.840. The van der Waals surface area contributed by atoms with E-state index >= 15 is 0 Å². The molecule has 1 spiro atoms. The predicted molar refractivity (Wildman–Crippen MR) is 107 cm³/mol. The van der Waals surface area contributed by atoms with Gasteiger partial charge >= 0.3 is 6.18 Å². The number of fused-ring (bicyclic) bond motifs is 1. The van der Waals surface area contributed by atoms with Crippen LogP contribution in [-0.4, -0.2) is 32.0 Å². The van der Waals surface area contributed by atoms with Crippen molar-refractivity contribution in [2.24, 2.45) is 0 Å². The van der Waals surface area contributed by atoms with E-state index in [1.165, 1.54) is 18.6 Å². The maximum absolute atomic E-state index is 13.3. The number of nitrogens with zero attached hydrogens (tertiary/aromatic N) is 5. The second-order valence-corrected chi connectivity index (χ2v) is 7.94. The fourth-order valence-corrected chi connectivity index (χ4v) is 4.29. The Kier molecular flexibility index (Phi) is 4.48. The summed E-state index contributed by atoms with van der Waals surface area (Å²) >= 11 is 0. The lowest BCUT2D eigenvalue weighted by molar-refractivity contribution is -0.141. The number of alkyl halides is 3. The van der Waals surface area contributed by atoms with Crippen LogP contribution in [0.5, 0.6) is 0 Å². The molecule has 1 N–H and O–H groups in total. The topological polar surface area (TPSA) is 66.8 Å². The van der Waals surface area contributed by atoms with Crippen LogP contribution in [0.1, 0.15) is 43.4 Å². The van der Waals surface area contributed by atoms with Crippen molar-refractivity contribution in [3.05, 3.63) is 47.9 Å². The van der Waals surface area contributed by atoms with Gasteiger partial charge < -0.3 is 10.2 Å². The lowest BCUT2D eigenvalue weighted by atomic mass is 10.0. The summed E-state index contributed by atoms with van der Waals surface area (Å²) in [5.74, 6) is 1.09. The van der Waals surface area contributed by atoms with Gasteiger partial charge in [0.25, 0.3) is 0 Å². The van der Waals surface area contributed by atoms with Crippen LogP contribution in [0.4, 0.5) is 24.9 Å². The van der Waals surface area contributed by atoms with Crippen LogP contribution in [0, 0.1) is 0 Å². The zero-order chi connectivity index (χ0) is 20.8. The molecule has 156 valence electrons. The molecule has 30 heavy (non-hydrogen) atoms. The van der Waals surface area contributed by atoms with Gasteiger partial charge in [-0.2, -0.15) is 23.1 Å². The Bertz CT molecular complexity index is 1080. The lowest BCUT2D eigenvalue weighted by Crippen LogP contribution is -2.42. The number of rotatable bonds is 4. The van der Waals surface area contributed by atoms with Crippen molar-refractivity contribution in [3.8, 4) is 0 Å². The summed E-state index contributed by atoms with van der Waals surface area (Å²) in [4.78, 5) is 19.6. The number of aromatic nitrogens is 4. The molecule has 0 aromatic carbocycles. The van der Waals surface area contributed by atoms with Gasteiger partial charge in [-0.3, -0.25) is 4.98 Å². The van der Waals surface area contributed by atoms with E-state index in [9.17, 15) is 13.2 Å². The SMILES string of the molecule is FC(F)(F)c1ncccc1CNc1nc(N2CCCCC23CC3)nc2ncccc12. The van der Waals surface area contributed by atoms with Crippen LogP contribution in [0.2, 0.25) is 0 Å². The minimum atomic E-state index is -4.51. The van der Waals surface area contributed by atoms with Crippen LogP contribution in [0.15, 0.2) is 36.7 Å². The maximum Gasteiger partial charge on any atom is 0.433 e. The van der Waals surface area contributed by atoms with Gasteiger partial charge in [-0.25, -0.2) is 4.98 Å². The quantitative estimate of drug-likeness (QED) is 0.675. The first kappa shape index (κ1) is 19.0. The van der Waals surface area contributed by atoms with Crippen molar-refractivity contribution >= 4 is 22.8 Å². The molecule has 3 aromatic heterocycles. The number of nitrogens with one attached hydrogen (secondary N) is 1. The Labute approximate surface area is 171 Å². The fourth-order valence-electron chi connectivity index (χ4n) is 4.29. The zero-order valence-electron chi connectivity index (χ0n) is 16.3. The number of hydrogen-bond acceptors (Lipinski definition) is 6. The zero-order valence-corrected chi connectivity index (χ0v) is 16.3. The molecule has 5 rings (SSSR count). The molecular weight excluding hydrogens is 393 g/mol. The molecule has 2 aliphatic rings. The highest BCUT2D eigenvalue weighted by Crippen LogP contribution is 2.49. The monoisotopic (exact) mass is 414 g/mol. The number of anilines is 2. The maximum atomic E-state index is 13.3. The summed E-state index contributed by atoms with van der Waals surface area (Å²) in [6, 6.07) is 6.52.